The summed E-state index contributed by atoms with van der Waals surface area (Å²) in [4.78, 5) is 38.0. The van der Waals surface area contributed by atoms with Gasteiger partial charge in [0.1, 0.15) is 6.04 Å². The summed E-state index contributed by atoms with van der Waals surface area (Å²) in [6.45, 7) is 4.38. The predicted octanol–water partition coefficient (Wildman–Crippen LogP) is 1.02. The maximum absolute atomic E-state index is 12.6. The van der Waals surface area contributed by atoms with Crippen molar-refractivity contribution in [1.29, 1.82) is 0 Å². The van der Waals surface area contributed by atoms with Crippen LogP contribution in [0.15, 0.2) is 24.3 Å². The summed E-state index contributed by atoms with van der Waals surface area (Å²) < 4.78 is 0. The number of fused-ring (bicyclic) bond motifs is 1. The number of likely N-dealkylation sites (N-methyl/N-ethyl adjacent to an activating group) is 1. The van der Waals surface area contributed by atoms with Gasteiger partial charge in [-0.1, -0.05) is 38.1 Å². The van der Waals surface area contributed by atoms with Crippen molar-refractivity contribution in [3.8, 4) is 0 Å². The van der Waals surface area contributed by atoms with E-state index in [4.69, 9.17) is 0 Å². The topological polar surface area (TPSA) is 78.5 Å². The lowest BCUT2D eigenvalue weighted by atomic mass is 9.99. The third-order valence-corrected chi connectivity index (χ3v) is 4.05. The van der Waals surface area contributed by atoms with Gasteiger partial charge in [-0.15, -0.1) is 0 Å². The molecule has 6 heteroatoms. The third-order valence-electron chi connectivity index (χ3n) is 4.05. The van der Waals surface area contributed by atoms with E-state index in [2.05, 4.69) is 10.6 Å². The molecule has 1 unspecified atom stereocenters. The average molecular weight is 331 g/mol. The van der Waals surface area contributed by atoms with Gasteiger partial charge in [-0.25, -0.2) is 0 Å². The molecule has 0 fully saturated rings. The Balaban J connectivity index is 2.05. The van der Waals surface area contributed by atoms with Gasteiger partial charge in [0.05, 0.1) is 6.54 Å². The first-order valence-corrected chi connectivity index (χ1v) is 8.27. The van der Waals surface area contributed by atoms with Crippen LogP contribution in [-0.4, -0.2) is 42.8 Å². The van der Waals surface area contributed by atoms with E-state index in [1.807, 2.05) is 38.1 Å². The van der Waals surface area contributed by atoms with E-state index >= 15 is 0 Å². The highest BCUT2D eigenvalue weighted by atomic mass is 16.2. The van der Waals surface area contributed by atoms with Crippen molar-refractivity contribution in [2.24, 2.45) is 5.92 Å². The summed E-state index contributed by atoms with van der Waals surface area (Å²) in [5.41, 5.74) is 1.89. The second-order valence-corrected chi connectivity index (χ2v) is 6.58. The summed E-state index contributed by atoms with van der Waals surface area (Å²) in [5, 5.41) is 5.35. The first-order chi connectivity index (χ1) is 11.4. The molecule has 0 saturated heterocycles. The van der Waals surface area contributed by atoms with Crippen molar-refractivity contribution in [2.75, 3.05) is 20.1 Å². The van der Waals surface area contributed by atoms with Crippen molar-refractivity contribution in [3.05, 3.63) is 35.4 Å². The Kier molecular flexibility index (Phi) is 5.95. The van der Waals surface area contributed by atoms with E-state index in [1.54, 1.807) is 11.9 Å². The lowest BCUT2D eigenvalue weighted by Gasteiger charge is -2.22. The van der Waals surface area contributed by atoms with Crippen LogP contribution in [-0.2, 0) is 20.8 Å². The number of amides is 3. The van der Waals surface area contributed by atoms with Crippen LogP contribution in [0.5, 0.6) is 0 Å². The summed E-state index contributed by atoms with van der Waals surface area (Å²) in [7, 11) is 1.73. The minimum atomic E-state index is -0.705. The van der Waals surface area contributed by atoms with E-state index in [-0.39, 0.29) is 30.2 Å². The Morgan fingerprint density at radius 1 is 1.25 bits per heavy atom. The molecule has 2 N–H and O–H groups in total. The zero-order valence-electron chi connectivity index (χ0n) is 14.5. The Morgan fingerprint density at radius 3 is 2.67 bits per heavy atom. The average Bonchev–Trinajstić information content (AvgIpc) is 2.65. The predicted molar refractivity (Wildman–Crippen MR) is 91.1 cm³/mol. The van der Waals surface area contributed by atoms with Gasteiger partial charge >= 0.3 is 0 Å². The molecule has 6 nitrogen and oxygen atoms in total. The van der Waals surface area contributed by atoms with E-state index in [1.165, 1.54) is 0 Å². The maximum Gasteiger partial charge on any atom is 0.249 e. The molecule has 0 saturated carbocycles. The van der Waals surface area contributed by atoms with Crippen molar-refractivity contribution < 1.29 is 14.4 Å². The highest BCUT2D eigenvalue weighted by Crippen LogP contribution is 2.24. The van der Waals surface area contributed by atoms with Gasteiger partial charge in [-0.3, -0.25) is 14.4 Å². The summed E-state index contributed by atoms with van der Waals surface area (Å²) >= 11 is 0. The molecule has 1 aliphatic rings. The van der Waals surface area contributed by atoms with Gasteiger partial charge in [0.25, 0.3) is 0 Å². The maximum atomic E-state index is 12.6. The number of rotatable bonds is 5. The highest BCUT2D eigenvalue weighted by Gasteiger charge is 2.30. The highest BCUT2D eigenvalue weighted by molar-refractivity contribution is 5.91. The number of nitrogens with one attached hydrogen (secondary N) is 2. The molecule has 1 aromatic rings. The van der Waals surface area contributed by atoms with Crippen LogP contribution >= 0.6 is 0 Å². The summed E-state index contributed by atoms with van der Waals surface area (Å²) in [6.07, 6.45) is 1.14. The molecule has 2 rings (SSSR count). The molecule has 0 aliphatic carbocycles. The quantitative estimate of drug-likeness (QED) is 0.845. The van der Waals surface area contributed by atoms with Crippen molar-refractivity contribution in [2.45, 2.75) is 32.7 Å². The molecule has 1 heterocycles. The molecule has 1 aromatic carbocycles. The lowest BCUT2D eigenvalue weighted by Crippen LogP contribution is -2.44. The number of hydrogen-bond acceptors (Lipinski definition) is 3. The van der Waals surface area contributed by atoms with Crippen LogP contribution in [0, 0.1) is 5.92 Å². The number of hydrogen-bond donors (Lipinski definition) is 2. The monoisotopic (exact) mass is 331 g/mol. The Morgan fingerprint density at radius 2 is 1.96 bits per heavy atom. The van der Waals surface area contributed by atoms with Crippen molar-refractivity contribution >= 4 is 17.7 Å². The molecule has 0 bridgehead atoms. The summed E-state index contributed by atoms with van der Waals surface area (Å²) in [6, 6.07) is 6.93. The van der Waals surface area contributed by atoms with E-state index < -0.39 is 6.04 Å². The fourth-order valence-electron chi connectivity index (χ4n) is 2.77. The molecule has 3 amide bonds. The zero-order chi connectivity index (χ0) is 17.7. The lowest BCUT2D eigenvalue weighted by molar-refractivity contribution is -0.135. The van der Waals surface area contributed by atoms with Gasteiger partial charge in [0.15, 0.2) is 0 Å². The van der Waals surface area contributed by atoms with E-state index in [9.17, 15) is 14.4 Å². The fourth-order valence-corrected chi connectivity index (χ4v) is 2.77. The van der Waals surface area contributed by atoms with Gasteiger partial charge in [0, 0.05) is 20.0 Å². The first kappa shape index (κ1) is 18.0. The van der Waals surface area contributed by atoms with Gasteiger partial charge in [-0.05, 0) is 23.5 Å². The largest absolute Gasteiger partial charge is 0.347 e. The number of carbonyl (C=O) groups is 3. The number of benzene rings is 1. The zero-order valence-corrected chi connectivity index (χ0v) is 14.5. The van der Waals surface area contributed by atoms with Crippen molar-refractivity contribution in [1.82, 2.24) is 15.5 Å². The van der Waals surface area contributed by atoms with Crippen LogP contribution < -0.4 is 10.6 Å². The van der Waals surface area contributed by atoms with Crippen LogP contribution in [0.4, 0.5) is 0 Å². The molecule has 0 aromatic heterocycles. The molecule has 130 valence electrons. The van der Waals surface area contributed by atoms with Gasteiger partial charge in [0.2, 0.25) is 17.7 Å². The van der Waals surface area contributed by atoms with E-state index in [0.717, 1.165) is 17.5 Å². The molecule has 0 radical (unpaired) electrons. The fraction of sp³-hybridized carbons (Fsp3) is 0.500. The number of carbonyl (C=O) groups excluding carboxylic acids is 3. The Bertz CT molecular complexity index is 628. The number of nitrogens with zero attached hydrogens (tertiary/aromatic N) is 1. The molecule has 1 aliphatic heterocycles. The molecule has 0 spiro atoms. The van der Waals surface area contributed by atoms with Crippen LogP contribution in [0.3, 0.4) is 0 Å². The molecular formula is C18H25N3O3. The minimum Gasteiger partial charge on any atom is -0.347 e. The molecule has 1 atom stereocenters. The molecular weight excluding hydrogens is 306 g/mol. The normalized spacial score (nSPS) is 17.2. The van der Waals surface area contributed by atoms with Crippen molar-refractivity contribution in [3.63, 3.8) is 0 Å². The standard InChI is InChI=1S/C18H25N3O3/c1-12(2)10-15(22)19-11-16(23)20-17-14-7-5-4-6-13(14)8-9-21(3)18(17)24/h4-7,12,17H,8-11H2,1-3H3,(H,19,22)(H,20,23). The molecule has 24 heavy (non-hydrogen) atoms. The Labute approximate surface area is 142 Å². The SMILES string of the molecule is CC(C)CC(=O)NCC(=O)NC1C(=O)N(C)CCc2ccccc21. The second-order valence-electron chi connectivity index (χ2n) is 6.58. The van der Waals surface area contributed by atoms with E-state index in [0.29, 0.717) is 13.0 Å². The van der Waals surface area contributed by atoms with Gasteiger partial charge in [-0.2, -0.15) is 0 Å². The Hall–Kier alpha value is -2.37. The first-order valence-electron chi connectivity index (χ1n) is 8.27. The van der Waals surface area contributed by atoms with Gasteiger partial charge < -0.3 is 15.5 Å². The summed E-state index contributed by atoms with van der Waals surface area (Å²) in [5.74, 6) is -0.431. The second kappa shape index (κ2) is 7.95. The third kappa shape index (κ3) is 4.57. The smallest absolute Gasteiger partial charge is 0.249 e. The van der Waals surface area contributed by atoms with Crippen LogP contribution in [0.2, 0.25) is 0 Å². The minimum absolute atomic E-state index is 0.124. The van der Waals surface area contributed by atoms with Crippen LogP contribution in [0.25, 0.3) is 0 Å². The van der Waals surface area contributed by atoms with Crippen LogP contribution in [0.1, 0.15) is 37.4 Å².